The van der Waals surface area contributed by atoms with Gasteiger partial charge in [0.2, 0.25) is 0 Å². The molecule has 2 heterocycles. The summed E-state index contributed by atoms with van der Waals surface area (Å²) in [6.07, 6.45) is 3.45. The van der Waals surface area contributed by atoms with E-state index in [-0.39, 0.29) is 11.8 Å². The molecule has 0 aromatic carbocycles. The van der Waals surface area contributed by atoms with Crippen LogP contribution in [0.1, 0.15) is 34.1 Å². The molecule has 0 aliphatic carbocycles. The fourth-order valence-electron chi connectivity index (χ4n) is 1.63. The van der Waals surface area contributed by atoms with Gasteiger partial charge in [0.1, 0.15) is 0 Å². The van der Waals surface area contributed by atoms with Crippen LogP contribution in [0.2, 0.25) is 0 Å². The second kappa shape index (κ2) is 4.15. The fourth-order valence-corrected chi connectivity index (χ4v) is 1.63. The van der Waals surface area contributed by atoms with E-state index in [2.05, 4.69) is 16.8 Å². The van der Waals surface area contributed by atoms with Crippen molar-refractivity contribution in [3.63, 3.8) is 0 Å². The van der Waals surface area contributed by atoms with Crippen molar-refractivity contribution in [2.75, 3.05) is 6.54 Å². The predicted octanol–water partition coefficient (Wildman–Crippen LogP) is 1.09. The molecular weight excluding hydrogens is 204 g/mol. The number of carbonyl (C=O) groups is 2. The highest BCUT2D eigenvalue weighted by atomic mass is 16.2. The van der Waals surface area contributed by atoms with Crippen LogP contribution in [0.15, 0.2) is 18.5 Å². The molecular formula is C12H10N2O2. The van der Waals surface area contributed by atoms with Crippen LogP contribution in [0.3, 0.4) is 0 Å². The number of imide groups is 1. The molecule has 80 valence electrons. The standard InChI is InChI=1S/C12H10N2O2/c1-2-3-4-7-14-11(15)9-5-6-13-8-10(9)12(14)16/h5-6,8H,4,7H2,1H3. The van der Waals surface area contributed by atoms with Crippen molar-refractivity contribution in [2.24, 2.45) is 0 Å². The van der Waals surface area contributed by atoms with E-state index in [1.807, 2.05) is 0 Å². The van der Waals surface area contributed by atoms with Crippen LogP contribution < -0.4 is 0 Å². The van der Waals surface area contributed by atoms with E-state index in [0.717, 1.165) is 0 Å². The molecule has 0 bridgehead atoms. The number of pyridine rings is 1. The average molecular weight is 214 g/mol. The van der Waals surface area contributed by atoms with Gasteiger partial charge in [-0.05, 0) is 13.0 Å². The van der Waals surface area contributed by atoms with Gasteiger partial charge < -0.3 is 0 Å². The zero-order chi connectivity index (χ0) is 11.5. The molecule has 1 aliphatic rings. The summed E-state index contributed by atoms with van der Waals surface area (Å²) >= 11 is 0. The summed E-state index contributed by atoms with van der Waals surface area (Å²) in [5, 5.41) is 0. The third kappa shape index (κ3) is 1.57. The van der Waals surface area contributed by atoms with Crippen molar-refractivity contribution in [1.29, 1.82) is 0 Å². The molecule has 0 atom stereocenters. The average Bonchev–Trinajstić information content (AvgIpc) is 2.55. The third-order valence-corrected chi connectivity index (χ3v) is 2.41. The lowest BCUT2D eigenvalue weighted by Gasteiger charge is -2.10. The van der Waals surface area contributed by atoms with Gasteiger partial charge in [0.25, 0.3) is 11.8 Å². The van der Waals surface area contributed by atoms with Gasteiger partial charge in [-0.1, -0.05) is 0 Å². The maximum atomic E-state index is 11.8. The van der Waals surface area contributed by atoms with Gasteiger partial charge in [-0.25, -0.2) is 0 Å². The molecule has 0 fully saturated rings. The molecule has 0 spiro atoms. The number of hydrogen-bond donors (Lipinski definition) is 0. The Morgan fingerprint density at radius 1 is 1.31 bits per heavy atom. The first-order valence-electron chi connectivity index (χ1n) is 4.95. The first-order chi connectivity index (χ1) is 7.75. The number of hydrogen-bond acceptors (Lipinski definition) is 3. The van der Waals surface area contributed by atoms with Gasteiger partial charge >= 0.3 is 0 Å². The number of nitrogens with zero attached hydrogens (tertiary/aromatic N) is 2. The lowest BCUT2D eigenvalue weighted by atomic mass is 10.2. The van der Waals surface area contributed by atoms with E-state index >= 15 is 0 Å². The normalized spacial score (nSPS) is 13.4. The lowest BCUT2D eigenvalue weighted by Crippen LogP contribution is -2.30. The second-order valence-electron chi connectivity index (χ2n) is 3.36. The van der Waals surface area contributed by atoms with Crippen molar-refractivity contribution >= 4 is 11.8 Å². The minimum absolute atomic E-state index is 0.250. The molecule has 1 aliphatic heterocycles. The number of rotatable bonds is 2. The van der Waals surface area contributed by atoms with E-state index in [1.165, 1.54) is 17.3 Å². The molecule has 4 heteroatoms. The molecule has 1 aromatic heterocycles. The Morgan fingerprint density at radius 3 is 2.75 bits per heavy atom. The third-order valence-electron chi connectivity index (χ3n) is 2.41. The van der Waals surface area contributed by atoms with Gasteiger partial charge in [-0.15, -0.1) is 11.8 Å². The van der Waals surface area contributed by atoms with Crippen LogP contribution in [-0.2, 0) is 0 Å². The number of amides is 2. The van der Waals surface area contributed by atoms with Gasteiger partial charge in [-0.3, -0.25) is 19.5 Å². The Kier molecular flexibility index (Phi) is 2.69. The Hall–Kier alpha value is -2.15. The van der Waals surface area contributed by atoms with E-state index in [9.17, 15) is 9.59 Å². The summed E-state index contributed by atoms with van der Waals surface area (Å²) in [5.41, 5.74) is 0.821. The Labute approximate surface area is 93.3 Å². The van der Waals surface area contributed by atoms with Crippen LogP contribution in [-0.4, -0.2) is 28.2 Å². The second-order valence-corrected chi connectivity index (χ2v) is 3.36. The van der Waals surface area contributed by atoms with Crippen molar-refractivity contribution in [1.82, 2.24) is 9.88 Å². The molecule has 4 nitrogen and oxygen atoms in total. The molecule has 0 saturated heterocycles. The van der Waals surface area contributed by atoms with E-state index < -0.39 is 0 Å². The molecule has 1 aromatic rings. The number of fused-ring (bicyclic) bond motifs is 1. The number of carbonyl (C=O) groups excluding carboxylic acids is 2. The van der Waals surface area contributed by atoms with Gasteiger partial charge in [-0.2, -0.15) is 0 Å². The van der Waals surface area contributed by atoms with Crippen LogP contribution >= 0.6 is 0 Å². The van der Waals surface area contributed by atoms with Crippen LogP contribution in [0.5, 0.6) is 0 Å². The first-order valence-corrected chi connectivity index (χ1v) is 4.95. The summed E-state index contributed by atoms with van der Waals surface area (Å²) in [7, 11) is 0. The highest BCUT2D eigenvalue weighted by molar-refractivity contribution is 6.21. The molecule has 0 radical (unpaired) electrons. The SMILES string of the molecule is CC#CCCN1C(=O)c2ccncc2C1=O. The first kappa shape index (κ1) is 10.4. The topological polar surface area (TPSA) is 50.3 Å². The van der Waals surface area contributed by atoms with Crippen molar-refractivity contribution in [2.45, 2.75) is 13.3 Å². The zero-order valence-corrected chi connectivity index (χ0v) is 8.86. The maximum absolute atomic E-state index is 11.8. The minimum atomic E-state index is -0.272. The minimum Gasteiger partial charge on any atom is -0.273 e. The summed E-state index contributed by atoms with van der Waals surface area (Å²) in [5.74, 6) is 5.04. The summed E-state index contributed by atoms with van der Waals surface area (Å²) < 4.78 is 0. The van der Waals surface area contributed by atoms with Crippen molar-refractivity contribution < 1.29 is 9.59 Å². The molecule has 2 amide bonds. The maximum Gasteiger partial charge on any atom is 0.263 e. The van der Waals surface area contributed by atoms with Crippen LogP contribution in [0, 0.1) is 11.8 Å². The van der Waals surface area contributed by atoms with Crippen LogP contribution in [0.4, 0.5) is 0 Å². The van der Waals surface area contributed by atoms with Gasteiger partial charge in [0, 0.05) is 25.4 Å². The zero-order valence-electron chi connectivity index (χ0n) is 8.86. The fraction of sp³-hybridized carbons (Fsp3) is 0.250. The van der Waals surface area contributed by atoms with Crippen molar-refractivity contribution in [3.8, 4) is 11.8 Å². The quantitative estimate of drug-likeness (QED) is 0.547. The molecule has 0 saturated carbocycles. The molecule has 0 unspecified atom stereocenters. The molecule has 2 rings (SSSR count). The monoisotopic (exact) mass is 214 g/mol. The molecule has 0 N–H and O–H groups in total. The smallest absolute Gasteiger partial charge is 0.263 e. The summed E-state index contributed by atoms with van der Waals surface area (Å²) in [4.78, 5) is 28.7. The largest absolute Gasteiger partial charge is 0.273 e. The summed E-state index contributed by atoms with van der Waals surface area (Å²) in [6, 6.07) is 1.57. The van der Waals surface area contributed by atoms with Gasteiger partial charge in [0.05, 0.1) is 11.1 Å². The Balaban J connectivity index is 2.24. The molecule has 16 heavy (non-hydrogen) atoms. The van der Waals surface area contributed by atoms with Gasteiger partial charge in [0.15, 0.2) is 0 Å². The van der Waals surface area contributed by atoms with E-state index in [1.54, 1.807) is 13.0 Å². The predicted molar refractivity (Wildman–Crippen MR) is 57.7 cm³/mol. The highest BCUT2D eigenvalue weighted by Crippen LogP contribution is 2.21. The van der Waals surface area contributed by atoms with E-state index in [4.69, 9.17) is 0 Å². The Morgan fingerprint density at radius 2 is 2.06 bits per heavy atom. The van der Waals surface area contributed by atoms with Crippen molar-refractivity contribution in [3.05, 3.63) is 29.6 Å². The van der Waals surface area contributed by atoms with E-state index in [0.29, 0.717) is 24.1 Å². The van der Waals surface area contributed by atoms with Crippen LogP contribution in [0.25, 0.3) is 0 Å². The Bertz CT molecular complexity index is 476. The lowest BCUT2D eigenvalue weighted by molar-refractivity contribution is 0.0658. The number of aromatic nitrogens is 1. The summed E-state index contributed by atoms with van der Waals surface area (Å²) in [6.45, 7) is 2.07. The highest BCUT2D eigenvalue weighted by Gasteiger charge is 2.34.